The Labute approximate surface area is 188 Å². The van der Waals surface area contributed by atoms with Crippen molar-refractivity contribution in [1.29, 1.82) is 0 Å². The molecule has 0 aliphatic carbocycles. The van der Waals surface area contributed by atoms with E-state index in [1.165, 1.54) is 14.0 Å². The molecule has 2 rings (SSSR count). The number of aliphatic hydroxyl groups is 3. The summed E-state index contributed by atoms with van der Waals surface area (Å²) in [6, 6.07) is -1.16. The molecule has 0 aromatic heterocycles. The van der Waals surface area contributed by atoms with Gasteiger partial charge in [0.15, 0.2) is 18.7 Å². The Kier molecular flexibility index (Phi) is 9.69. The Morgan fingerprint density at radius 3 is 2.18 bits per heavy atom. The molecule has 0 spiro atoms. The molecule has 2 heterocycles. The van der Waals surface area contributed by atoms with Crippen molar-refractivity contribution in [2.24, 2.45) is 0 Å². The van der Waals surface area contributed by atoms with Crippen molar-refractivity contribution in [3.8, 4) is 0 Å². The van der Waals surface area contributed by atoms with E-state index in [1.54, 1.807) is 0 Å². The van der Waals surface area contributed by atoms with Gasteiger partial charge in [-0.1, -0.05) is 6.58 Å². The first-order valence-corrected chi connectivity index (χ1v) is 9.90. The van der Waals surface area contributed by atoms with Gasteiger partial charge < -0.3 is 54.2 Å². The van der Waals surface area contributed by atoms with Crippen molar-refractivity contribution < 1.29 is 63.2 Å². The van der Waals surface area contributed by atoms with Gasteiger partial charge in [0.2, 0.25) is 5.91 Å². The Balaban J connectivity index is 2.31. The van der Waals surface area contributed by atoms with Crippen LogP contribution in [0.3, 0.4) is 0 Å². The van der Waals surface area contributed by atoms with Gasteiger partial charge in [0, 0.05) is 27.2 Å². The van der Waals surface area contributed by atoms with Gasteiger partial charge in [-0.25, -0.2) is 9.59 Å². The van der Waals surface area contributed by atoms with Crippen molar-refractivity contribution in [3.63, 3.8) is 0 Å². The highest BCUT2D eigenvalue weighted by Gasteiger charge is 2.53. The van der Waals surface area contributed by atoms with Crippen molar-refractivity contribution in [2.75, 3.05) is 20.8 Å². The maximum absolute atomic E-state index is 11.7. The first-order chi connectivity index (χ1) is 15.5. The van der Waals surface area contributed by atoms with Crippen LogP contribution in [0.1, 0.15) is 6.92 Å². The van der Waals surface area contributed by atoms with Gasteiger partial charge in [0.05, 0.1) is 0 Å². The number of methoxy groups -OCH3 is 2. The van der Waals surface area contributed by atoms with Crippen molar-refractivity contribution >= 4 is 17.8 Å². The average molecular weight is 479 g/mol. The topological polar surface area (TPSA) is 200 Å². The average Bonchev–Trinajstić information content (AvgIpc) is 2.77. The summed E-state index contributed by atoms with van der Waals surface area (Å²) in [5, 5.41) is 43.5. The molecule has 14 nitrogen and oxygen atoms in total. The van der Waals surface area contributed by atoms with E-state index in [-0.39, 0.29) is 0 Å². The van der Waals surface area contributed by atoms with E-state index in [0.717, 1.165) is 13.2 Å². The zero-order valence-electron chi connectivity index (χ0n) is 18.2. The SMILES string of the molecule is C=CC(=O)OCC1OC(OC)C(NC(C)=O)C(OC2OC(C(=O)O)C(OC)C(O)C2O)C1O. The van der Waals surface area contributed by atoms with Gasteiger partial charge in [-0.3, -0.25) is 4.79 Å². The molecule has 2 aliphatic heterocycles. The lowest BCUT2D eigenvalue weighted by Crippen LogP contribution is -2.68. The van der Waals surface area contributed by atoms with Gasteiger partial charge in [0.1, 0.15) is 49.3 Å². The molecule has 10 unspecified atom stereocenters. The first kappa shape index (κ1) is 27.1. The summed E-state index contributed by atoms with van der Waals surface area (Å²) in [7, 11) is 2.38. The Morgan fingerprint density at radius 1 is 1.00 bits per heavy atom. The van der Waals surface area contributed by atoms with Crippen LogP contribution >= 0.6 is 0 Å². The minimum atomic E-state index is -1.78. The maximum atomic E-state index is 11.7. The van der Waals surface area contributed by atoms with E-state index >= 15 is 0 Å². The van der Waals surface area contributed by atoms with Gasteiger partial charge in [-0.05, 0) is 0 Å². The number of nitrogens with one attached hydrogen (secondary N) is 1. The number of carbonyl (C=O) groups excluding carboxylic acids is 2. The molecule has 2 fully saturated rings. The zero-order valence-corrected chi connectivity index (χ0v) is 18.2. The second kappa shape index (κ2) is 11.8. The van der Waals surface area contributed by atoms with Crippen LogP contribution in [0.5, 0.6) is 0 Å². The number of ether oxygens (including phenoxy) is 6. The molecule has 10 atom stereocenters. The summed E-state index contributed by atoms with van der Waals surface area (Å²) >= 11 is 0. The molecule has 33 heavy (non-hydrogen) atoms. The van der Waals surface area contributed by atoms with Crippen molar-refractivity contribution in [3.05, 3.63) is 12.7 Å². The second-order valence-electron chi connectivity index (χ2n) is 7.38. The van der Waals surface area contributed by atoms with E-state index in [2.05, 4.69) is 11.9 Å². The Morgan fingerprint density at radius 2 is 1.67 bits per heavy atom. The Bertz CT molecular complexity index is 718. The number of amides is 1. The van der Waals surface area contributed by atoms with Crippen LogP contribution in [0.4, 0.5) is 0 Å². The molecule has 1 amide bonds. The summed E-state index contributed by atoms with van der Waals surface area (Å²) in [5.41, 5.74) is 0. The number of hydrogen-bond acceptors (Lipinski definition) is 12. The highest BCUT2D eigenvalue weighted by atomic mass is 16.7. The summed E-state index contributed by atoms with van der Waals surface area (Å²) in [5.74, 6) is -2.82. The predicted molar refractivity (Wildman–Crippen MR) is 104 cm³/mol. The van der Waals surface area contributed by atoms with Crippen molar-refractivity contribution in [1.82, 2.24) is 5.32 Å². The first-order valence-electron chi connectivity index (χ1n) is 9.90. The molecule has 14 heteroatoms. The largest absolute Gasteiger partial charge is 0.479 e. The highest BCUT2D eigenvalue weighted by Crippen LogP contribution is 2.30. The Hall–Kier alpha value is -2.17. The van der Waals surface area contributed by atoms with Gasteiger partial charge in [-0.2, -0.15) is 0 Å². The molecule has 2 aliphatic rings. The lowest BCUT2D eigenvalue weighted by molar-refractivity contribution is -0.340. The van der Waals surface area contributed by atoms with E-state index in [0.29, 0.717) is 0 Å². The van der Waals surface area contributed by atoms with Gasteiger partial charge in [-0.15, -0.1) is 0 Å². The minimum Gasteiger partial charge on any atom is -0.479 e. The third kappa shape index (κ3) is 6.24. The van der Waals surface area contributed by atoms with E-state index in [9.17, 15) is 34.8 Å². The molecule has 5 N–H and O–H groups in total. The number of aliphatic hydroxyl groups excluding tert-OH is 3. The smallest absolute Gasteiger partial charge is 0.335 e. The summed E-state index contributed by atoms with van der Waals surface area (Å²) in [6.45, 7) is 4.00. The lowest BCUT2D eigenvalue weighted by Gasteiger charge is -2.47. The number of rotatable bonds is 9. The number of carboxylic acid groups (broad SMARTS) is 1. The normalized spacial score (nSPS) is 38.8. The number of carbonyl (C=O) groups is 3. The van der Waals surface area contributed by atoms with Gasteiger partial charge in [0.25, 0.3) is 0 Å². The molecule has 0 radical (unpaired) electrons. The van der Waals surface area contributed by atoms with Crippen LogP contribution < -0.4 is 5.32 Å². The van der Waals surface area contributed by atoms with Crippen LogP contribution in [0.2, 0.25) is 0 Å². The van der Waals surface area contributed by atoms with Crippen LogP contribution in [-0.4, -0.2) is 120 Å². The van der Waals surface area contributed by atoms with Crippen LogP contribution in [0.25, 0.3) is 0 Å². The molecule has 2 saturated heterocycles. The molecular formula is C19H29NO13. The fourth-order valence-corrected chi connectivity index (χ4v) is 3.60. The summed E-state index contributed by atoms with van der Waals surface area (Å²) < 4.78 is 31.6. The number of hydrogen-bond donors (Lipinski definition) is 5. The maximum Gasteiger partial charge on any atom is 0.335 e. The van der Waals surface area contributed by atoms with Crippen LogP contribution in [-0.2, 0) is 42.8 Å². The highest BCUT2D eigenvalue weighted by molar-refractivity contribution is 5.81. The zero-order chi connectivity index (χ0) is 24.9. The van der Waals surface area contributed by atoms with Crippen molar-refractivity contribution in [2.45, 2.75) is 68.3 Å². The third-order valence-electron chi connectivity index (χ3n) is 5.18. The minimum absolute atomic E-state index is 0.446. The number of aliphatic carboxylic acids is 1. The number of carboxylic acids is 1. The number of esters is 1. The standard InChI is InChI=1S/C19H29NO13/c1-5-9(22)30-6-8-11(23)14(10(20-7(2)21)18(29-4)31-8)32-19-13(25)12(24)15(28-3)16(33-19)17(26)27/h5,8,10-16,18-19,23-25H,1,6H2,2-4H3,(H,20,21)(H,26,27). The molecule has 0 aromatic carbocycles. The summed E-state index contributed by atoms with van der Waals surface area (Å²) in [4.78, 5) is 34.7. The molecule has 0 aromatic rings. The molecular weight excluding hydrogens is 450 g/mol. The van der Waals surface area contributed by atoms with E-state index in [4.69, 9.17) is 28.4 Å². The molecule has 0 saturated carbocycles. The van der Waals surface area contributed by atoms with Crippen LogP contribution in [0, 0.1) is 0 Å². The van der Waals surface area contributed by atoms with Gasteiger partial charge >= 0.3 is 11.9 Å². The second-order valence-corrected chi connectivity index (χ2v) is 7.38. The molecule has 188 valence electrons. The molecule has 0 bridgehead atoms. The predicted octanol–water partition coefficient (Wildman–Crippen LogP) is -3.12. The van der Waals surface area contributed by atoms with E-state index in [1.807, 2.05) is 0 Å². The lowest BCUT2D eigenvalue weighted by atomic mass is 9.95. The monoisotopic (exact) mass is 479 g/mol. The van der Waals surface area contributed by atoms with E-state index < -0.39 is 85.8 Å². The fourth-order valence-electron chi connectivity index (χ4n) is 3.60. The fraction of sp³-hybridized carbons (Fsp3) is 0.737. The quantitative estimate of drug-likeness (QED) is 0.164. The van der Waals surface area contributed by atoms with Crippen LogP contribution in [0.15, 0.2) is 12.7 Å². The summed E-state index contributed by atoms with van der Waals surface area (Å²) in [6.07, 6.45) is -12.9. The third-order valence-corrected chi connectivity index (χ3v) is 5.18.